The molecular weight excluding hydrogens is 459 g/mol. The second-order valence-corrected chi connectivity index (χ2v) is 8.39. The number of benzene rings is 2. The molecule has 0 aliphatic heterocycles. The van der Waals surface area contributed by atoms with Crippen molar-refractivity contribution in [2.45, 2.75) is 32.5 Å². The Morgan fingerprint density at radius 1 is 0.943 bits per heavy atom. The van der Waals surface area contributed by atoms with Crippen LogP contribution in [-0.2, 0) is 11.0 Å². The quantitative estimate of drug-likeness (QED) is 0.357. The van der Waals surface area contributed by atoms with E-state index in [1.165, 1.54) is 18.3 Å². The molecule has 35 heavy (non-hydrogen) atoms. The zero-order chi connectivity index (χ0) is 25.6. The lowest BCUT2D eigenvalue weighted by molar-refractivity contribution is -0.138. The van der Waals surface area contributed by atoms with Gasteiger partial charge in [0.25, 0.3) is 5.91 Å². The van der Waals surface area contributed by atoms with E-state index in [1.54, 1.807) is 12.1 Å². The van der Waals surface area contributed by atoms with Gasteiger partial charge < -0.3 is 15.7 Å². The molecule has 3 aromatic rings. The number of carbonyl (C=O) groups is 2. The Bertz CT molecular complexity index is 1140. The summed E-state index contributed by atoms with van der Waals surface area (Å²) >= 11 is 0. The fraction of sp³-hybridized carbons (Fsp3) is 0.269. The van der Waals surface area contributed by atoms with E-state index in [-0.39, 0.29) is 24.9 Å². The highest BCUT2D eigenvalue weighted by atomic mass is 19.4. The Kier molecular flexibility index (Phi) is 8.11. The summed E-state index contributed by atoms with van der Waals surface area (Å²) in [6, 6.07) is 15.8. The first-order valence-corrected chi connectivity index (χ1v) is 11.0. The van der Waals surface area contributed by atoms with Crippen molar-refractivity contribution in [3.8, 4) is 11.1 Å². The maximum absolute atomic E-state index is 12.8. The maximum atomic E-state index is 12.8. The smallest absolute Gasteiger partial charge is 0.416 e. The molecule has 2 aromatic carbocycles. The molecule has 3 rings (SSSR count). The molecule has 0 aliphatic rings. The third-order valence-electron chi connectivity index (χ3n) is 5.44. The van der Waals surface area contributed by atoms with Gasteiger partial charge >= 0.3 is 12.1 Å². The molecule has 0 spiro atoms. The molecule has 0 radical (unpaired) electrons. The molecule has 0 saturated heterocycles. The van der Waals surface area contributed by atoms with E-state index in [0.29, 0.717) is 16.9 Å². The normalized spacial score (nSPS) is 12.3. The number of aliphatic carboxylic acids is 1. The number of hydrogen-bond acceptors (Lipinski definition) is 4. The minimum Gasteiger partial charge on any atom is -0.481 e. The molecule has 0 bridgehead atoms. The molecule has 1 amide bonds. The molecule has 184 valence electrons. The minimum atomic E-state index is -4.37. The summed E-state index contributed by atoms with van der Waals surface area (Å²) in [6.07, 6.45) is -3.11. The second kappa shape index (κ2) is 11.0. The maximum Gasteiger partial charge on any atom is 0.416 e. The number of carbonyl (C=O) groups excluding carboxylic acids is 1. The van der Waals surface area contributed by atoms with Gasteiger partial charge in [0, 0.05) is 12.7 Å². The number of pyridine rings is 1. The van der Waals surface area contributed by atoms with E-state index in [0.717, 1.165) is 23.3 Å². The van der Waals surface area contributed by atoms with Gasteiger partial charge in [0.1, 0.15) is 5.82 Å². The highest BCUT2D eigenvalue weighted by molar-refractivity contribution is 5.94. The van der Waals surface area contributed by atoms with Gasteiger partial charge in [0.15, 0.2) is 0 Å². The molecule has 1 unspecified atom stereocenters. The Labute approximate surface area is 201 Å². The zero-order valence-corrected chi connectivity index (χ0v) is 19.3. The molecule has 6 nitrogen and oxygen atoms in total. The standard InChI is InChI=1S/C26H26F3N3O3/c1-16(2)24(32-22-12-9-20(15-31-22)25(35)30-14-13-23(33)34)19-5-3-17(4-6-19)18-7-10-21(11-8-18)26(27,28)29/h3-12,15-16,24H,13-14H2,1-2H3,(H,30,35)(H,31,32)(H,33,34). The van der Waals surface area contributed by atoms with E-state index >= 15 is 0 Å². The van der Waals surface area contributed by atoms with Gasteiger partial charge in [-0.2, -0.15) is 13.2 Å². The van der Waals surface area contributed by atoms with Crippen LogP contribution in [0.3, 0.4) is 0 Å². The van der Waals surface area contributed by atoms with Crippen LogP contribution >= 0.6 is 0 Å². The third kappa shape index (κ3) is 7.05. The van der Waals surface area contributed by atoms with Crippen molar-refractivity contribution in [3.05, 3.63) is 83.6 Å². The average molecular weight is 486 g/mol. The second-order valence-electron chi connectivity index (χ2n) is 8.39. The molecule has 9 heteroatoms. The van der Waals surface area contributed by atoms with Crippen LogP contribution in [-0.4, -0.2) is 28.5 Å². The first-order chi connectivity index (χ1) is 16.5. The van der Waals surface area contributed by atoms with Crippen molar-refractivity contribution < 1.29 is 27.9 Å². The van der Waals surface area contributed by atoms with Crippen LogP contribution in [0.15, 0.2) is 66.9 Å². The summed E-state index contributed by atoms with van der Waals surface area (Å²) < 4.78 is 38.4. The number of carboxylic acid groups (broad SMARTS) is 1. The number of amides is 1. The molecule has 1 heterocycles. The molecule has 1 atom stereocenters. The van der Waals surface area contributed by atoms with Crippen molar-refractivity contribution in [3.63, 3.8) is 0 Å². The summed E-state index contributed by atoms with van der Waals surface area (Å²) in [5, 5.41) is 14.5. The van der Waals surface area contributed by atoms with E-state index in [9.17, 15) is 22.8 Å². The van der Waals surface area contributed by atoms with Gasteiger partial charge in [-0.05, 0) is 46.9 Å². The number of nitrogens with one attached hydrogen (secondary N) is 2. The lowest BCUT2D eigenvalue weighted by Crippen LogP contribution is -2.26. The zero-order valence-electron chi connectivity index (χ0n) is 19.3. The van der Waals surface area contributed by atoms with Gasteiger partial charge in [0.2, 0.25) is 0 Å². The van der Waals surface area contributed by atoms with Gasteiger partial charge in [-0.25, -0.2) is 4.98 Å². The first-order valence-electron chi connectivity index (χ1n) is 11.0. The number of hydrogen-bond donors (Lipinski definition) is 3. The highest BCUT2D eigenvalue weighted by Gasteiger charge is 2.30. The molecule has 1 aromatic heterocycles. The van der Waals surface area contributed by atoms with E-state index < -0.39 is 23.6 Å². The van der Waals surface area contributed by atoms with Crippen molar-refractivity contribution in [2.75, 3.05) is 11.9 Å². The average Bonchev–Trinajstić information content (AvgIpc) is 2.82. The van der Waals surface area contributed by atoms with Crippen LogP contribution in [0.2, 0.25) is 0 Å². The van der Waals surface area contributed by atoms with Gasteiger partial charge in [0.05, 0.1) is 23.6 Å². The van der Waals surface area contributed by atoms with Gasteiger partial charge in [-0.15, -0.1) is 0 Å². The summed E-state index contributed by atoms with van der Waals surface area (Å²) in [4.78, 5) is 27.0. The van der Waals surface area contributed by atoms with Crippen molar-refractivity contribution in [1.82, 2.24) is 10.3 Å². The number of halogens is 3. The predicted octanol–water partition coefficient (Wildman–Crippen LogP) is 5.78. The Balaban J connectivity index is 1.68. The molecule has 0 saturated carbocycles. The highest BCUT2D eigenvalue weighted by Crippen LogP contribution is 2.32. The number of rotatable bonds is 9. The summed E-state index contributed by atoms with van der Waals surface area (Å²) in [5.41, 5.74) is 2.12. The molecule has 3 N–H and O–H groups in total. The van der Waals surface area contributed by atoms with Crippen LogP contribution in [0.1, 0.15) is 47.8 Å². The lowest BCUT2D eigenvalue weighted by Gasteiger charge is -2.24. The predicted molar refractivity (Wildman–Crippen MR) is 127 cm³/mol. The molecular formula is C26H26F3N3O3. The van der Waals surface area contributed by atoms with Crippen LogP contribution in [0.25, 0.3) is 11.1 Å². The Morgan fingerprint density at radius 3 is 2.03 bits per heavy atom. The SMILES string of the molecule is CC(C)C(Nc1ccc(C(=O)NCCC(=O)O)cn1)c1ccc(-c2ccc(C(F)(F)F)cc2)cc1. The third-order valence-corrected chi connectivity index (χ3v) is 5.44. The number of alkyl halides is 3. The van der Waals surface area contributed by atoms with Crippen LogP contribution in [0, 0.1) is 5.92 Å². The summed E-state index contributed by atoms with van der Waals surface area (Å²) in [7, 11) is 0. The fourth-order valence-electron chi connectivity index (χ4n) is 3.53. The van der Waals surface area contributed by atoms with Crippen molar-refractivity contribution in [1.29, 1.82) is 0 Å². The van der Waals surface area contributed by atoms with Crippen LogP contribution in [0.5, 0.6) is 0 Å². The van der Waals surface area contributed by atoms with E-state index in [2.05, 4.69) is 15.6 Å². The summed E-state index contributed by atoms with van der Waals surface area (Å²) in [5.74, 6) is -0.634. The number of aromatic nitrogens is 1. The van der Waals surface area contributed by atoms with Gasteiger partial charge in [-0.1, -0.05) is 50.2 Å². The molecule has 0 aliphatic carbocycles. The number of anilines is 1. The fourth-order valence-corrected chi connectivity index (χ4v) is 3.53. The monoisotopic (exact) mass is 485 g/mol. The Morgan fingerprint density at radius 2 is 1.54 bits per heavy atom. The summed E-state index contributed by atoms with van der Waals surface area (Å²) in [6.45, 7) is 4.13. The van der Waals surface area contributed by atoms with Crippen molar-refractivity contribution in [2.24, 2.45) is 5.92 Å². The van der Waals surface area contributed by atoms with Crippen LogP contribution < -0.4 is 10.6 Å². The first kappa shape index (κ1) is 25.7. The largest absolute Gasteiger partial charge is 0.481 e. The molecule has 0 fully saturated rings. The Hall–Kier alpha value is -3.88. The van der Waals surface area contributed by atoms with E-state index in [1.807, 2.05) is 38.1 Å². The minimum absolute atomic E-state index is 0.0338. The number of nitrogens with zero attached hydrogens (tertiary/aromatic N) is 1. The number of carboxylic acids is 1. The lowest BCUT2D eigenvalue weighted by atomic mass is 9.94. The van der Waals surface area contributed by atoms with Crippen molar-refractivity contribution >= 4 is 17.7 Å². The van der Waals surface area contributed by atoms with Crippen LogP contribution in [0.4, 0.5) is 19.0 Å². The van der Waals surface area contributed by atoms with E-state index in [4.69, 9.17) is 5.11 Å². The van der Waals surface area contributed by atoms with Gasteiger partial charge in [-0.3, -0.25) is 9.59 Å². The topological polar surface area (TPSA) is 91.3 Å².